The van der Waals surface area contributed by atoms with E-state index in [0.29, 0.717) is 6.04 Å². The van der Waals surface area contributed by atoms with Gasteiger partial charge >= 0.3 is 0 Å². The summed E-state index contributed by atoms with van der Waals surface area (Å²) in [5.41, 5.74) is 0.752. The highest BCUT2D eigenvalue weighted by atomic mass is 79.9. The summed E-state index contributed by atoms with van der Waals surface area (Å²) < 4.78 is 2.84. The van der Waals surface area contributed by atoms with Gasteiger partial charge in [-0.05, 0) is 54.9 Å². The molecule has 1 saturated heterocycles. The topological polar surface area (TPSA) is 37.3 Å². The third kappa shape index (κ3) is 2.78. The molecule has 0 spiro atoms. The fourth-order valence-electron chi connectivity index (χ4n) is 2.57. The number of aromatic nitrogens is 1. The van der Waals surface area contributed by atoms with Crippen molar-refractivity contribution in [2.24, 2.45) is 7.05 Å². The third-order valence-corrected chi connectivity index (χ3v) is 3.98. The van der Waals surface area contributed by atoms with Gasteiger partial charge in [-0.1, -0.05) is 0 Å². The molecule has 1 aromatic rings. The Bertz CT molecular complexity index is 424. The number of nitrogens with zero attached hydrogens (tertiary/aromatic N) is 2. The van der Waals surface area contributed by atoms with Crippen molar-refractivity contribution in [3.05, 3.63) is 22.4 Å². The molecular formula is C13H20BrN3O. The number of halogens is 1. The fraction of sp³-hybridized carbons (Fsp3) is 0.615. The molecule has 0 atom stereocenters. The van der Waals surface area contributed by atoms with E-state index in [1.807, 2.05) is 28.8 Å². The predicted molar refractivity (Wildman–Crippen MR) is 75.7 cm³/mol. The van der Waals surface area contributed by atoms with E-state index in [1.54, 1.807) is 0 Å². The highest BCUT2D eigenvalue weighted by Crippen LogP contribution is 2.19. The summed E-state index contributed by atoms with van der Waals surface area (Å²) in [6, 6.07) is 2.27. The van der Waals surface area contributed by atoms with Crippen molar-refractivity contribution in [3.8, 4) is 0 Å². The van der Waals surface area contributed by atoms with Crippen molar-refractivity contribution in [2.75, 3.05) is 19.6 Å². The Labute approximate surface area is 116 Å². The first-order chi connectivity index (χ1) is 8.63. The zero-order valence-corrected chi connectivity index (χ0v) is 12.5. The lowest BCUT2D eigenvalue weighted by molar-refractivity contribution is 0.0646. The number of hydrogen-bond donors (Lipinski definition) is 1. The molecule has 4 nitrogen and oxygen atoms in total. The number of amides is 1. The van der Waals surface area contributed by atoms with Gasteiger partial charge in [0.25, 0.3) is 5.91 Å². The predicted octanol–water partition coefficient (Wildman–Crippen LogP) is 2.00. The second-order valence-corrected chi connectivity index (χ2v) is 5.64. The minimum absolute atomic E-state index is 0.137. The van der Waals surface area contributed by atoms with Crippen molar-refractivity contribution in [2.45, 2.75) is 25.8 Å². The molecule has 1 fully saturated rings. The Morgan fingerprint density at radius 2 is 2.22 bits per heavy atom. The second-order valence-electron chi connectivity index (χ2n) is 4.73. The van der Waals surface area contributed by atoms with Crippen molar-refractivity contribution in [3.63, 3.8) is 0 Å². The van der Waals surface area contributed by atoms with Gasteiger partial charge in [-0.15, -0.1) is 0 Å². The van der Waals surface area contributed by atoms with Crippen LogP contribution < -0.4 is 5.32 Å². The van der Waals surface area contributed by atoms with Crippen LogP contribution in [-0.2, 0) is 7.05 Å². The van der Waals surface area contributed by atoms with Gasteiger partial charge in [-0.3, -0.25) is 4.79 Å². The van der Waals surface area contributed by atoms with Gasteiger partial charge in [-0.2, -0.15) is 0 Å². The van der Waals surface area contributed by atoms with E-state index in [9.17, 15) is 4.79 Å². The van der Waals surface area contributed by atoms with Gasteiger partial charge in [0, 0.05) is 30.3 Å². The third-order valence-electron chi connectivity index (χ3n) is 3.54. The van der Waals surface area contributed by atoms with E-state index in [2.05, 4.69) is 28.2 Å². The van der Waals surface area contributed by atoms with Gasteiger partial charge in [0.05, 0.1) is 0 Å². The highest BCUT2D eigenvalue weighted by Gasteiger charge is 2.26. The molecular weight excluding hydrogens is 294 g/mol. The molecule has 1 aliphatic heterocycles. The first-order valence-electron chi connectivity index (χ1n) is 6.47. The zero-order valence-electron chi connectivity index (χ0n) is 10.9. The maximum absolute atomic E-state index is 12.6. The smallest absolute Gasteiger partial charge is 0.270 e. The maximum atomic E-state index is 12.6. The number of piperidine rings is 1. The van der Waals surface area contributed by atoms with E-state index < -0.39 is 0 Å². The number of aryl methyl sites for hydroxylation is 1. The van der Waals surface area contributed by atoms with Crippen LogP contribution >= 0.6 is 15.9 Å². The molecule has 2 heterocycles. The Morgan fingerprint density at radius 1 is 1.56 bits per heavy atom. The standard InChI is InChI=1S/C13H20BrN3O/c1-3-17(11-4-6-15-7-5-11)13(18)12-8-10(14)9-16(12)2/h8-9,11,15H,3-7H2,1-2H3. The Hall–Kier alpha value is -0.810. The highest BCUT2D eigenvalue weighted by molar-refractivity contribution is 9.10. The summed E-state index contributed by atoms with van der Waals surface area (Å²) in [6.07, 6.45) is 4.01. The van der Waals surface area contributed by atoms with Crippen molar-refractivity contribution in [1.29, 1.82) is 0 Å². The molecule has 0 aliphatic carbocycles. The van der Waals surface area contributed by atoms with Crippen molar-refractivity contribution >= 4 is 21.8 Å². The van der Waals surface area contributed by atoms with E-state index in [0.717, 1.165) is 42.6 Å². The van der Waals surface area contributed by atoms with Gasteiger partial charge in [0.1, 0.15) is 5.69 Å². The quantitative estimate of drug-likeness (QED) is 0.926. The van der Waals surface area contributed by atoms with Crippen LogP contribution in [0.3, 0.4) is 0 Å². The monoisotopic (exact) mass is 313 g/mol. The normalized spacial score (nSPS) is 16.8. The maximum Gasteiger partial charge on any atom is 0.270 e. The first kappa shape index (κ1) is 13.6. The van der Waals surface area contributed by atoms with Gasteiger partial charge in [0.2, 0.25) is 0 Å². The lowest BCUT2D eigenvalue weighted by Gasteiger charge is -2.34. The van der Waals surface area contributed by atoms with Gasteiger partial charge in [-0.25, -0.2) is 0 Å². The molecule has 1 N–H and O–H groups in total. The summed E-state index contributed by atoms with van der Waals surface area (Å²) in [6.45, 7) is 4.83. The number of nitrogens with one attached hydrogen (secondary N) is 1. The summed E-state index contributed by atoms with van der Waals surface area (Å²) in [5, 5.41) is 3.34. The molecule has 0 unspecified atom stereocenters. The molecule has 1 aromatic heterocycles. The van der Waals surface area contributed by atoms with E-state index in [4.69, 9.17) is 0 Å². The van der Waals surface area contributed by atoms with Crippen LogP contribution in [0, 0.1) is 0 Å². The Morgan fingerprint density at radius 3 is 2.72 bits per heavy atom. The average Bonchev–Trinajstić information content (AvgIpc) is 2.70. The minimum atomic E-state index is 0.137. The number of rotatable bonds is 3. The fourth-order valence-corrected chi connectivity index (χ4v) is 3.09. The van der Waals surface area contributed by atoms with Crippen LogP contribution in [0.2, 0.25) is 0 Å². The summed E-state index contributed by atoms with van der Waals surface area (Å²) >= 11 is 3.42. The minimum Gasteiger partial charge on any atom is -0.345 e. The molecule has 100 valence electrons. The average molecular weight is 314 g/mol. The van der Waals surface area contributed by atoms with Crippen LogP contribution in [0.5, 0.6) is 0 Å². The molecule has 1 aliphatic rings. The first-order valence-corrected chi connectivity index (χ1v) is 7.26. The molecule has 18 heavy (non-hydrogen) atoms. The largest absolute Gasteiger partial charge is 0.345 e. The SMILES string of the molecule is CCN(C(=O)c1cc(Br)cn1C)C1CCNCC1. The second kappa shape index (κ2) is 5.89. The van der Waals surface area contributed by atoms with Crippen LogP contribution in [0.25, 0.3) is 0 Å². The van der Waals surface area contributed by atoms with Crippen LogP contribution in [-0.4, -0.2) is 41.1 Å². The molecule has 5 heteroatoms. The molecule has 0 radical (unpaired) electrons. The van der Waals surface area contributed by atoms with E-state index in [1.165, 1.54) is 0 Å². The number of carbonyl (C=O) groups is 1. The lowest BCUT2D eigenvalue weighted by Crippen LogP contribution is -2.46. The summed E-state index contributed by atoms with van der Waals surface area (Å²) in [7, 11) is 1.91. The number of carbonyl (C=O) groups excluding carboxylic acids is 1. The van der Waals surface area contributed by atoms with Crippen molar-refractivity contribution in [1.82, 2.24) is 14.8 Å². The van der Waals surface area contributed by atoms with Crippen LogP contribution in [0.4, 0.5) is 0 Å². The van der Waals surface area contributed by atoms with Crippen LogP contribution in [0.1, 0.15) is 30.3 Å². The van der Waals surface area contributed by atoms with E-state index in [-0.39, 0.29) is 5.91 Å². The van der Waals surface area contributed by atoms with Crippen molar-refractivity contribution < 1.29 is 4.79 Å². The molecule has 2 rings (SSSR count). The van der Waals surface area contributed by atoms with Gasteiger partial charge in [0.15, 0.2) is 0 Å². The zero-order chi connectivity index (χ0) is 13.1. The number of hydrogen-bond acceptors (Lipinski definition) is 2. The van der Waals surface area contributed by atoms with Gasteiger partial charge < -0.3 is 14.8 Å². The molecule has 0 saturated carbocycles. The summed E-state index contributed by atoms with van der Waals surface area (Å²) in [5.74, 6) is 0.137. The molecule has 0 aromatic carbocycles. The Kier molecular flexibility index (Phi) is 4.45. The molecule has 1 amide bonds. The summed E-state index contributed by atoms with van der Waals surface area (Å²) in [4.78, 5) is 14.6. The molecule has 0 bridgehead atoms. The Balaban J connectivity index is 2.16. The van der Waals surface area contributed by atoms with Crippen LogP contribution in [0.15, 0.2) is 16.7 Å². The lowest BCUT2D eigenvalue weighted by atomic mass is 10.0. The van der Waals surface area contributed by atoms with E-state index >= 15 is 0 Å².